The molecule has 0 aromatic rings. The summed E-state index contributed by atoms with van der Waals surface area (Å²) < 4.78 is 0. The van der Waals surface area contributed by atoms with Crippen LogP contribution in [0.2, 0.25) is 0 Å². The molecule has 0 radical (unpaired) electrons. The molecule has 0 saturated carbocycles. The largest absolute Gasteiger partial charge is 0.368 e. The molecule has 0 aliphatic carbocycles. The summed E-state index contributed by atoms with van der Waals surface area (Å²) in [7, 11) is 1.79. The molecule has 0 rings (SSSR count). The summed E-state index contributed by atoms with van der Waals surface area (Å²) in [6, 6.07) is 0. The second kappa shape index (κ2) is 7.96. The Kier molecular flexibility index (Phi) is 7.85. The molecule has 0 spiro atoms. The molecule has 0 aliphatic heterocycles. The number of rotatable bonds is 9. The molecule has 0 saturated heterocycles. The first kappa shape index (κ1) is 15.8. The minimum absolute atomic E-state index is 0.268. The number of hydrogen-bond donors (Lipinski definition) is 2. The first-order valence-electron chi connectivity index (χ1n) is 6.06. The van der Waals surface area contributed by atoms with Crippen LogP contribution in [0.3, 0.4) is 0 Å². The van der Waals surface area contributed by atoms with Gasteiger partial charge in [0.15, 0.2) is 0 Å². The van der Waals surface area contributed by atoms with E-state index in [-0.39, 0.29) is 5.91 Å². The molecule has 0 aromatic carbocycles. The van der Waals surface area contributed by atoms with E-state index in [2.05, 4.69) is 19.2 Å². The van der Waals surface area contributed by atoms with Crippen LogP contribution in [0.15, 0.2) is 0 Å². The van der Waals surface area contributed by atoms with E-state index in [0.717, 1.165) is 6.42 Å². The third-order valence-corrected chi connectivity index (χ3v) is 4.20. The standard InChI is InChI=1S/C12H26N2OS/c1-5-6-7-8-16-10(2)9-12(3,14-4)11(13)15/h10,14H,5-9H2,1-4H3,(H2,13,15). The van der Waals surface area contributed by atoms with Gasteiger partial charge in [0.25, 0.3) is 0 Å². The van der Waals surface area contributed by atoms with Gasteiger partial charge < -0.3 is 11.1 Å². The van der Waals surface area contributed by atoms with Crippen LogP contribution in [0, 0.1) is 0 Å². The minimum Gasteiger partial charge on any atom is -0.368 e. The third kappa shape index (κ3) is 5.75. The summed E-state index contributed by atoms with van der Waals surface area (Å²) >= 11 is 1.93. The molecule has 96 valence electrons. The van der Waals surface area contributed by atoms with Gasteiger partial charge in [0, 0.05) is 5.25 Å². The Morgan fingerprint density at radius 1 is 1.50 bits per heavy atom. The summed E-state index contributed by atoms with van der Waals surface area (Å²) in [5.74, 6) is 0.907. The summed E-state index contributed by atoms with van der Waals surface area (Å²) in [4.78, 5) is 11.3. The van der Waals surface area contributed by atoms with Crippen molar-refractivity contribution in [2.45, 2.75) is 57.2 Å². The topological polar surface area (TPSA) is 55.1 Å². The molecule has 0 bridgehead atoms. The molecular weight excluding hydrogens is 220 g/mol. The van der Waals surface area contributed by atoms with Crippen LogP contribution in [-0.4, -0.2) is 29.5 Å². The molecule has 3 N–H and O–H groups in total. The molecule has 2 unspecified atom stereocenters. The Hall–Kier alpha value is -0.220. The molecular formula is C12H26N2OS. The quantitative estimate of drug-likeness (QED) is 0.613. The molecule has 0 aliphatic rings. The lowest BCUT2D eigenvalue weighted by Crippen LogP contribution is -2.52. The van der Waals surface area contributed by atoms with E-state index in [0.29, 0.717) is 5.25 Å². The van der Waals surface area contributed by atoms with Gasteiger partial charge in [-0.25, -0.2) is 0 Å². The van der Waals surface area contributed by atoms with E-state index in [1.165, 1.54) is 25.0 Å². The predicted octanol–water partition coefficient (Wildman–Crippen LogP) is 2.15. The highest BCUT2D eigenvalue weighted by Crippen LogP contribution is 2.22. The van der Waals surface area contributed by atoms with Crippen molar-refractivity contribution in [1.29, 1.82) is 0 Å². The minimum atomic E-state index is -0.572. The predicted molar refractivity (Wildman–Crippen MR) is 72.7 cm³/mol. The maximum Gasteiger partial charge on any atom is 0.237 e. The SMILES string of the molecule is CCCCCSC(C)CC(C)(NC)C(N)=O. The normalized spacial score (nSPS) is 16.8. The third-order valence-electron chi connectivity index (χ3n) is 2.94. The first-order chi connectivity index (χ1) is 7.46. The first-order valence-corrected chi connectivity index (χ1v) is 7.11. The molecule has 2 atom stereocenters. The number of primary amides is 1. The Labute approximate surface area is 104 Å². The number of thioether (sulfide) groups is 1. The van der Waals surface area contributed by atoms with Gasteiger partial charge in [-0.05, 0) is 32.6 Å². The molecule has 16 heavy (non-hydrogen) atoms. The molecule has 0 heterocycles. The fourth-order valence-corrected chi connectivity index (χ4v) is 2.82. The van der Waals surface area contributed by atoms with E-state index in [4.69, 9.17) is 5.73 Å². The van der Waals surface area contributed by atoms with Gasteiger partial charge in [0.05, 0.1) is 5.54 Å². The molecule has 1 amide bonds. The lowest BCUT2D eigenvalue weighted by atomic mass is 9.95. The van der Waals surface area contributed by atoms with Crippen LogP contribution in [0.4, 0.5) is 0 Å². The van der Waals surface area contributed by atoms with Crippen LogP contribution >= 0.6 is 11.8 Å². The van der Waals surface area contributed by atoms with Crippen molar-refractivity contribution in [1.82, 2.24) is 5.32 Å². The number of amides is 1. The summed E-state index contributed by atoms with van der Waals surface area (Å²) in [5.41, 5.74) is 4.82. The van der Waals surface area contributed by atoms with Gasteiger partial charge in [0.2, 0.25) is 5.91 Å². The van der Waals surface area contributed by atoms with Gasteiger partial charge in [-0.2, -0.15) is 11.8 Å². The summed E-state index contributed by atoms with van der Waals surface area (Å²) in [5, 5.41) is 3.48. The smallest absolute Gasteiger partial charge is 0.237 e. The van der Waals surface area contributed by atoms with Crippen molar-refractivity contribution in [3.05, 3.63) is 0 Å². The number of unbranched alkanes of at least 4 members (excludes halogenated alkanes) is 2. The average molecular weight is 246 g/mol. The van der Waals surface area contributed by atoms with Crippen LogP contribution < -0.4 is 11.1 Å². The second-order valence-corrected chi connectivity index (χ2v) is 6.09. The Morgan fingerprint density at radius 3 is 2.56 bits per heavy atom. The average Bonchev–Trinajstić information content (AvgIpc) is 2.24. The lowest BCUT2D eigenvalue weighted by molar-refractivity contribution is -0.123. The number of nitrogens with two attached hydrogens (primary N) is 1. The molecule has 0 fully saturated rings. The summed E-state index contributed by atoms with van der Waals surface area (Å²) in [6.45, 7) is 6.24. The maximum atomic E-state index is 11.3. The number of hydrogen-bond acceptors (Lipinski definition) is 3. The highest BCUT2D eigenvalue weighted by Gasteiger charge is 2.30. The highest BCUT2D eigenvalue weighted by molar-refractivity contribution is 7.99. The zero-order chi connectivity index (χ0) is 12.6. The number of likely N-dealkylation sites (N-methyl/N-ethyl adjacent to an activating group) is 1. The van der Waals surface area contributed by atoms with Crippen LogP contribution in [0.25, 0.3) is 0 Å². The van der Waals surface area contributed by atoms with Crippen molar-refractivity contribution in [3.8, 4) is 0 Å². The van der Waals surface area contributed by atoms with E-state index < -0.39 is 5.54 Å². The Bertz CT molecular complexity index is 211. The van der Waals surface area contributed by atoms with Crippen molar-refractivity contribution in [2.75, 3.05) is 12.8 Å². The zero-order valence-corrected chi connectivity index (χ0v) is 11.8. The maximum absolute atomic E-state index is 11.3. The molecule has 3 nitrogen and oxygen atoms in total. The fraction of sp³-hybridized carbons (Fsp3) is 0.917. The van der Waals surface area contributed by atoms with Crippen LogP contribution in [-0.2, 0) is 4.79 Å². The Balaban J connectivity index is 3.92. The monoisotopic (exact) mass is 246 g/mol. The number of carbonyl (C=O) groups is 1. The zero-order valence-electron chi connectivity index (χ0n) is 11.0. The van der Waals surface area contributed by atoms with E-state index in [9.17, 15) is 4.79 Å². The van der Waals surface area contributed by atoms with Crippen LogP contribution in [0.5, 0.6) is 0 Å². The van der Waals surface area contributed by atoms with Crippen LogP contribution in [0.1, 0.15) is 46.5 Å². The van der Waals surface area contributed by atoms with Crippen molar-refractivity contribution < 1.29 is 4.79 Å². The fourth-order valence-electron chi connectivity index (χ4n) is 1.60. The number of nitrogens with one attached hydrogen (secondary N) is 1. The summed E-state index contributed by atoms with van der Waals surface area (Å²) in [6.07, 6.45) is 4.59. The second-order valence-electron chi connectivity index (χ2n) is 4.54. The van der Waals surface area contributed by atoms with E-state index in [1.54, 1.807) is 7.05 Å². The van der Waals surface area contributed by atoms with Crippen molar-refractivity contribution in [2.24, 2.45) is 5.73 Å². The van der Waals surface area contributed by atoms with Gasteiger partial charge in [-0.15, -0.1) is 0 Å². The lowest BCUT2D eigenvalue weighted by Gasteiger charge is -2.28. The van der Waals surface area contributed by atoms with Gasteiger partial charge in [-0.1, -0.05) is 26.7 Å². The van der Waals surface area contributed by atoms with Gasteiger partial charge in [-0.3, -0.25) is 4.79 Å². The Morgan fingerprint density at radius 2 is 2.12 bits per heavy atom. The van der Waals surface area contributed by atoms with Crippen molar-refractivity contribution >= 4 is 17.7 Å². The molecule has 0 aromatic heterocycles. The van der Waals surface area contributed by atoms with E-state index >= 15 is 0 Å². The van der Waals surface area contributed by atoms with Gasteiger partial charge in [0.1, 0.15) is 0 Å². The van der Waals surface area contributed by atoms with Crippen molar-refractivity contribution in [3.63, 3.8) is 0 Å². The highest BCUT2D eigenvalue weighted by atomic mass is 32.2. The van der Waals surface area contributed by atoms with E-state index in [1.807, 2.05) is 18.7 Å². The number of carbonyl (C=O) groups excluding carboxylic acids is 1. The molecule has 4 heteroatoms. The van der Waals surface area contributed by atoms with Gasteiger partial charge >= 0.3 is 0 Å².